The van der Waals surface area contributed by atoms with E-state index in [0.29, 0.717) is 18.8 Å². The lowest BCUT2D eigenvalue weighted by Gasteiger charge is -2.31. The molecule has 0 radical (unpaired) electrons. The number of hydrogen-bond acceptors (Lipinski definition) is 4. The van der Waals surface area contributed by atoms with E-state index in [1.807, 2.05) is 0 Å². The van der Waals surface area contributed by atoms with Gasteiger partial charge in [-0.1, -0.05) is 11.6 Å². The number of likely N-dealkylation sites (N-methyl/N-ethyl adjacent to an activating group) is 2. The lowest BCUT2D eigenvalue weighted by Crippen LogP contribution is -3.12. The number of ether oxygens (including phenoxy) is 1. The monoisotopic (exact) mass is 376 g/mol. The van der Waals surface area contributed by atoms with Crippen LogP contribution in [-0.2, 0) is 14.8 Å². The number of benzene rings is 1. The summed E-state index contributed by atoms with van der Waals surface area (Å²) in [6.07, 6.45) is 0. The highest BCUT2D eigenvalue weighted by molar-refractivity contribution is 7.89. The molecule has 1 fully saturated rings. The summed E-state index contributed by atoms with van der Waals surface area (Å²) in [4.78, 5) is 15.4. The molecule has 1 amide bonds. The van der Waals surface area contributed by atoms with Crippen LogP contribution in [0.2, 0.25) is 5.02 Å². The number of hydrogen-bond donors (Lipinski definition) is 1. The van der Waals surface area contributed by atoms with Crippen LogP contribution in [0.4, 0.5) is 0 Å². The summed E-state index contributed by atoms with van der Waals surface area (Å²) in [5, 5.41) is 0.209. The zero-order chi connectivity index (χ0) is 17.9. The summed E-state index contributed by atoms with van der Waals surface area (Å²) in [5.41, 5.74) is 0. The normalized spacial score (nSPS) is 16.5. The van der Waals surface area contributed by atoms with Crippen molar-refractivity contribution >= 4 is 27.5 Å². The Morgan fingerprint density at radius 2 is 2.00 bits per heavy atom. The predicted octanol–water partition coefficient (Wildman–Crippen LogP) is -0.674. The van der Waals surface area contributed by atoms with Crippen molar-refractivity contribution in [1.29, 1.82) is 0 Å². The van der Waals surface area contributed by atoms with Crippen molar-refractivity contribution in [2.75, 3.05) is 53.9 Å². The Morgan fingerprint density at radius 3 is 2.54 bits per heavy atom. The SMILES string of the molecule is COc1ccc(S(=O)(=O)N(C)CC(=O)N2CC[NH+](C)CC2)cc1Cl. The van der Waals surface area contributed by atoms with Crippen molar-refractivity contribution in [1.82, 2.24) is 9.21 Å². The summed E-state index contributed by atoms with van der Waals surface area (Å²) in [6.45, 7) is 2.84. The molecule has 0 aromatic heterocycles. The second kappa shape index (κ2) is 7.69. The molecule has 1 aromatic carbocycles. The Labute approximate surface area is 147 Å². The maximum Gasteiger partial charge on any atom is 0.243 e. The van der Waals surface area contributed by atoms with Crippen molar-refractivity contribution in [3.05, 3.63) is 23.2 Å². The van der Waals surface area contributed by atoms with Crippen LogP contribution in [0.15, 0.2) is 23.1 Å². The molecule has 7 nitrogen and oxygen atoms in total. The average molecular weight is 377 g/mol. The van der Waals surface area contributed by atoms with Gasteiger partial charge in [0.1, 0.15) is 5.75 Å². The zero-order valence-corrected chi connectivity index (χ0v) is 15.7. The first kappa shape index (κ1) is 19.0. The van der Waals surface area contributed by atoms with Gasteiger partial charge in [0.2, 0.25) is 15.9 Å². The van der Waals surface area contributed by atoms with E-state index in [9.17, 15) is 13.2 Å². The summed E-state index contributed by atoms with van der Waals surface area (Å²) in [6, 6.07) is 4.24. The average Bonchev–Trinajstić information content (AvgIpc) is 2.55. The highest BCUT2D eigenvalue weighted by Gasteiger charge is 2.27. The van der Waals surface area contributed by atoms with Gasteiger partial charge in [0.05, 0.1) is 56.8 Å². The van der Waals surface area contributed by atoms with E-state index in [1.165, 1.54) is 37.3 Å². The molecule has 1 aromatic rings. The van der Waals surface area contributed by atoms with Crippen molar-refractivity contribution in [2.24, 2.45) is 0 Å². The van der Waals surface area contributed by atoms with Crippen LogP contribution in [0.25, 0.3) is 0 Å². The lowest BCUT2D eigenvalue weighted by atomic mass is 10.3. The molecule has 24 heavy (non-hydrogen) atoms. The quantitative estimate of drug-likeness (QED) is 0.739. The Bertz CT molecular complexity index is 703. The van der Waals surface area contributed by atoms with E-state index in [-0.39, 0.29) is 22.4 Å². The molecule has 0 bridgehead atoms. The Hall–Kier alpha value is -1.35. The second-order valence-corrected chi connectivity index (χ2v) is 8.35. The minimum absolute atomic E-state index is 0.0337. The number of quaternary nitrogens is 1. The highest BCUT2D eigenvalue weighted by atomic mass is 35.5. The number of nitrogens with one attached hydrogen (secondary N) is 1. The number of methoxy groups -OCH3 is 1. The van der Waals surface area contributed by atoms with Crippen LogP contribution < -0.4 is 9.64 Å². The molecule has 2 rings (SSSR count). The van der Waals surface area contributed by atoms with Crippen molar-refractivity contribution in [3.8, 4) is 5.75 Å². The summed E-state index contributed by atoms with van der Waals surface area (Å²) < 4.78 is 31.3. The van der Waals surface area contributed by atoms with Gasteiger partial charge in [-0.3, -0.25) is 4.79 Å². The minimum Gasteiger partial charge on any atom is -0.495 e. The largest absolute Gasteiger partial charge is 0.495 e. The zero-order valence-electron chi connectivity index (χ0n) is 14.1. The first-order chi connectivity index (χ1) is 11.3. The van der Waals surface area contributed by atoms with E-state index in [4.69, 9.17) is 16.3 Å². The third-order valence-corrected chi connectivity index (χ3v) is 6.25. The van der Waals surface area contributed by atoms with Gasteiger partial charge in [-0.15, -0.1) is 0 Å². The van der Waals surface area contributed by atoms with Gasteiger partial charge in [-0.25, -0.2) is 8.42 Å². The summed E-state index contributed by atoms with van der Waals surface area (Å²) in [7, 11) is 1.14. The van der Waals surface area contributed by atoms with Gasteiger partial charge in [-0.05, 0) is 18.2 Å². The number of halogens is 1. The molecular formula is C15H23ClN3O4S+. The maximum atomic E-state index is 12.6. The molecule has 0 spiro atoms. The minimum atomic E-state index is -3.79. The van der Waals surface area contributed by atoms with E-state index >= 15 is 0 Å². The Kier molecular flexibility index (Phi) is 6.08. The molecule has 0 atom stereocenters. The van der Waals surface area contributed by atoms with Gasteiger partial charge < -0.3 is 14.5 Å². The molecule has 0 unspecified atom stereocenters. The molecule has 134 valence electrons. The summed E-state index contributed by atoms with van der Waals surface area (Å²) in [5.74, 6) is 0.211. The van der Waals surface area contributed by atoms with Gasteiger partial charge in [0, 0.05) is 7.05 Å². The first-order valence-electron chi connectivity index (χ1n) is 7.64. The fourth-order valence-corrected chi connectivity index (χ4v) is 3.97. The molecule has 1 saturated heterocycles. The molecule has 0 aliphatic carbocycles. The molecule has 1 aliphatic heterocycles. The third-order valence-electron chi connectivity index (χ3n) is 4.16. The fourth-order valence-electron chi connectivity index (χ4n) is 2.50. The number of amides is 1. The number of carbonyl (C=O) groups excluding carboxylic acids is 1. The van der Waals surface area contributed by atoms with Gasteiger partial charge in [0.15, 0.2) is 0 Å². The summed E-state index contributed by atoms with van der Waals surface area (Å²) >= 11 is 6.00. The van der Waals surface area contributed by atoms with Crippen LogP contribution >= 0.6 is 11.6 Å². The maximum absolute atomic E-state index is 12.6. The topological polar surface area (TPSA) is 71.4 Å². The smallest absolute Gasteiger partial charge is 0.243 e. The predicted molar refractivity (Wildman–Crippen MR) is 91.0 cm³/mol. The molecule has 1 aliphatic rings. The van der Waals surface area contributed by atoms with E-state index in [2.05, 4.69) is 7.05 Å². The van der Waals surface area contributed by atoms with Crippen molar-refractivity contribution in [3.63, 3.8) is 0 Å². The molecule has 9 heteroatoms. The second-order valence-electron chi connectivity index (χ2n) is 5.90. The lowest BCUT2D eigenvalue weighted by molar-refractivity contribution is -0.883. The van der Waals surface area contributed by atoms with Crippen molar-refractivity contribution in [2.45, 2.75) is 4.90 Å². The number of rotatable bonds is 5. The Morgan fingerprint density at radius 1 is 1.38 bits per heavy atom. The van der Waals surface area contributed by atoms with Crippen LogP contribution in [0, 0.1) is 0 Å². The van der Waals surface area contributed by atoms with Crippen LogP contribution in [-0.4, -0.2) is 77.5 Å². The number of sulfonamides is 1. The van der Waals surface area contributed by atoms with Crippen LogP contribution in [0.5, 0.6) is 5.75 Å². The standard InChI is InChI=1S/C15H22ClN3O4S/c1-17-6-8-19(9-7-17)15(20)11-18(2)24(21,22)12-4-5-14(23-3)13(16)10-12/h4-5,10H,6-9,11H2,1-3H3/p+1. The molecule has 1 N–H and O–H groups in total. The van der Waals surface area contributed by atoms with Gasteiger partial charge in [0.25, 0.3) is 0 Å². The Balaban J connectivity index is 2.08. The molecular weight excluding hydrogens is 354 g/mol. The number of carbonyl (C=O) groups is 1. The van der Waals surface area contributed by atoms with E-state index in [0.717, 1.165) is 17.4 Å². The fraction of sp³-hybridized carbons (Fsp3) is 0.533. The highest BCUT2D eigenvalue weighted by Crippen LogP contribution is 2.28. The van der Waals surface area contributed by atoms with Gasteiger partial charge in [-0.2, -0.15) is 4.31 Å². The van der Waals surface area contributed by atoms with Gasteiger partial charge >= 0.3 is 0 Å². The van der Waals surface area contributed by atoms with Crippen LogP contribution in [0.1, 0.15) is 0 Å². The molecule has 0 saturated carbocycles. The van der Waals surface area contributed by atoms with Crippen LogP contribution in [0.3, 0.4) is 0 Å². The van der Waals surface area contributed by atoms with Crippen molar-refractivity contribution < 1.29 is 22.8 Å². The van der Waals surface area contributed by atoms with E-state index in [1.54, 1.807) is 4.90 Å². The van der Waals surface area contributed by atoms with E-state index < -0.39 is 10.0 Å². The first-order valence-corrected chi connectivity index (χ1v) is 9.46. The molecule has 1 heterocycles. The number of piperazine rings is 1. The number of nitrogens with zero attached hydrogens (tertiary/aromatic N) is 2. The third kappa shape index (κ3) is 4.18.